The lowest BCUT2D eigenvalue weighted by atomic mass is 9.81. The van der Waals surface area contributed by atoms with E-state index in [2.05, 4.69) is 22.5 Å². The van der Waals surface area contributed by atoms with Crippen molar-refractivity contribution in [2.24, 2.45) is 11.8 Å². The van der Waals surface area contributed by atoms with Crippen molar-refractivity contribution >= 4 is 11.7 Å². The maximum Gasteiger partial charge on any atom is 0.254 e. The number of carbonyl (C=O) groups is 1. The summed E-state index contributed by atoms with van der Waals surface area (Å²) < 4.78 is 14.0. The van der Waals surface area contributed by atoms with Gasteiger partial charge in [-0.25, -0.2) is 9.37 Å². The van der Waals surface area contributed by atoms with Crippen LogP contribution in [-0.2, 0) is 0 Å². The van der Waals surface area contributed by atoms with Crippen LogP contribution in [0.15, 0.2) is 12.3 Å². The number of halogens is 1. The fourth-order valence-electron chi connectivity index (χ4n) is 2.90. The Morgan fingerprint density at radius 2 is 2.10 bits per heavy atom. The molecule has 1 aromatic rings. The van der Waals surface area contributed by atoms with Crippen molar-refractivity contribution in [3.05, 3.63) is 23.6 Å². The Hall–Kier alpha value is -1.65. The van der Waals surface area contributed by atoms with Gasteiger partial charge in [-0.15, -0.1) is 0 Å². The van der Waals surface area contributed by atoms with Gasteiger partial charge < -0.3 is 10.6 Å². The van der Waals surface area contributed by atoms with Crippen molar-refractivity contribution in [3.63, 3.8) is 0 Å². The molecule has 0 saturated heterocycles. The van der Waals surface area contributed by atoms with Gasteiger partial charge in [0.15, 0.2) is 11.6 Å². The maximum atomic E-state index is 14.0. The highest BCUT2D eigenvalue weighted by molar-refractivity contribution is 5.95. The zero-order valence-electron chi connectivity index (χ0n) is 12.8. The zero-order valence-corrected chi connectivity index (χ0v) is 12.8. The average molecular weight is 293 g/mol. The second-order valence-corrected chi connectivity index (χ2v) is 5.94. The summed E-state index contributed by atoms with van der Waals surface area (Å²) in [5, 5.41) is 5.45. The zero-order chi connectivity index (χ0) is 15.2. The molecule has 2 rings (SSSR count). The van der Waals surface area contributed by atoms with E-state index < -0.39 is 5.82 Å². The van der Waals surface area contributed by atoms with Crippen molar-refractivity contribution in [3.8, 4) is 0 Å². The van der Waals surface area contributed by atoms with Crippen LogP contribution in [0.25, 0.3) is 0 Å². The first-order chi connectivity index (χ1) is 10.1. The number of rotatable bonds is 5. The molecule has 1 amide bonds. The summed E-state index contributed by atoms with van der Waals surface area (Å²) in [6.45, 7) is 2.90. The van der Waals surface area contributed by atoms with Crippen LogP contribution in [0.5, 0.6) is 0 Å². The molecule has 0 aromatic carbocycles. The molecule has 0 atom stereocenters. The Labute approximate surface area is 125 Å². The van der Waals surface area contributed by atoms with Gasteiger partial charge >= 0.3 is 0 Å². The molecule has 5 heteroatoms. The highest BCUT2D eigenvalue weighted by Crippen LogP contribution is 2.29. The molecular formula is C16H24FN3O. The van der Waals surface area contributed by atoms with Gasteiger partial charge in [0, 0.05) is 19.8 Å². The van der Waals surface area contributed by atoms with Gasteiger partial charge in [-0.3, -0.25) is 4.79 Å². The van der Waals surface area contributed by atoms with Crippen molar-refractivity contribution < 1.29 is 9.18 Å². The lowest BCUT2D eigenvalue weighted by Gasteiger charge is -2.26. The Morgan fingerprint density at radius 1 is 1.38 bits per heavy atom. The van der Waals surface area contributed by atoms with Crippen LogP contribution < -0.4 is 10.6 Å². The highest BCUT2D eigenvalue weighted by atomic mass is 19.1. The molecule has 21 heavy (non-hydrogen) atoms. The first-order valence-electron chi connectivity index (χ1n) is 7.72. The van der Waals surface area contributed by atoms with Gasteiger partial charge in [-0.05, 0) is 24.3 Å². The van der Waals surface area contributed by atoms with Gasteiger partial charge in [0.05, 0.1) is 5.56 Å². The molecule has 0 aliphatic heterocycles. The summed E-state index contributed by atoms with van der Waals surface area (Å²) in [5.41, 5.74) is 0.0478. The number of nitrogens with one attached hydrogen (secondary N) is 2. The van der Waals surface area contributed by atoms with Crippen LogP contribution in [0.2, 0.25) is 0 Å². The number of hydrogen-bond acceptors (Lipinski definition) is 3. The number of anilines is 1. The van der Waals surface area contributed by atoms with Crippen molar-refractivity contribution in [1.29, 1.82) is 0 Å². The fourth-order valence-corrected chi connectivity index (χ4v) is 2.90. The number of hydrogen-bond donors (Lipinski definition) is 2. The third kappa shape index (κ3) is 4.16. The number of carbonyl (C=O) groups excluding carboxylic acids is 1. The predicted molar refractivity (Wildman–Crippen MR) is 81.8 cm³/mol. The molecule has 1 aromatic heterocycles. The molecular weight excluding hydrogens is 269 g/mol. The molecule has 1 aliphatic rings. The highest BCUT2D eigenvalue weighted by Gasteiger charge is 2.19. The summed E-state index contributed by atoms with van der Waals surface area (Å²) in [6, 6.07) is 1.41. The second-order valence-electron chi connectivity index (χ2n) is 5.94. The molecule has 1 saturated carbocycles. The van der Waals surface area contributed by atoms with Crippen LogP contribution in [0, 0.1) is 17.7 Å². The van der Waals surface area contributed by atoms with E-state index in [1.807, 2.05) is 0 Å². The second kappa shape index (κ2) is 7.38. The summed E-state index contributed by atoms with van der Waals surface area (Å²) in [6.07, 6.45) is 7.46. The summed E-state index contributed by atoms with van der Waals surface area (Å²) >= 11 is 0. The van der Waals surface area contributed by atoms with Crippen molar-refractivity contribution in [1.82, 2.24) is 10.3 Å². The predicted octanol–water partition coefficient (Wildman–Crippen LogP) is 3.21. The topological polar surface area (TPSA) is 54.0 Å². The Balaban J connectivity index is 1.82. The van der Waals surface area contributed by atoms with E-state index in [-0.39, 0.29) is 17.3 Å². The average Bonchev–Trinajstić information content (AvgIpc) is 2.49. The summed E-state index contributed by atoms with van der Waals surface area (Å²) in [5.74, 6) is 0.668. The van der Waals surface area contributed by atoms with Gasteiger partial charge in [0.2, 0.25) is 0 Å². The molecule has 0 radical (unpaired) electrons. The Kier molecular flexibility index (Phi) is 5.53. The lowest BCUT2D eigenvalue weighted by Crippen LogP contribution is -2.28. The van der Waals surface area contributed by atoms with Crippen LogP contribution in [-0.4, -0.2) is 24.5 Å². The maximum absolute atomic E-state index is 14.0. The van der Waals surface area contributed by atoms with Gasteiger partial charge in [-0.2, -0.15) is 0 Å². The normalized spacial score (nSPS) is 21.9. The van der Waals surface area contributed by atoms with Crippen LogP contribution in [0.3, 0.4) is 0 Å². The number of amides is 1. The first-order valence-corrected chi connectivity index (χ1v) is 7.72. The van der Waals surface area contributed by atoms with Crippen LogP contribution in [0.4, 0.5) is 10.2 Å². The van der Waals surface area contributed by atoms with E-state index in [0.29, 0.717) is 12.5 Å². The van der Waals surface area contributed by atoms with E-state index in [4.69, 9.17) is 0 Å². The molecule has 0 unspecified atom stereocenters. The number of nitrogens with zero attached hydrogens (tertiary/aromatic N) is 1. The lowest BCUT2D eigenvalue weighted by molar-refractivity contribution is 0.0945. The third-order valence-electron chi connectivity index (χ3n) is 4.34. The molecule has 1 aliphatic carbocycles. The summed E-state index contributed by atoms with van der Waals surface area (Å²) in [7, 11) is 1.58. The molecule has 1 fully saturated rings. The summed E-state index contributed by atoms with van der Waals surface area (Å²) in [4.78, 5) is 15.9. The quantitative estimate of drug-likeness (QED) is 0.876. The minimum Gasteiger partial charge on any atom is -0.371 e. The molecule has 0 spiro atoms. The SMILES string of the molecule is CNc1nccc(C(=O)NCCC2CCC(C)CC2)c1F. The smallest absolute Gasteiger partial charge is 0.254 e. The Bertz CT molecular complexity index is 484. The number of pyridine rings is 1. The van der Waals surface area contributed by atoms with Crippen molar-refractivity contribution in [2.75, 3.05) is 18.9 Å². The minimum atomic E-state index is -0.594. The molecule has 1 heterocycles. The Morgan fingerprint density at radius 3 is 2.76 bits per heavy atom. The first kappa shape index (κ1) is 15.7. The number of aromatic nitrogens is 1. The van der Waals surface area contributed by atoms with E-state index >= 15 is 0 Å². The van der Waals surface area contributed by atoms with E-state index in [1.54, 1.807) is 7.05 Å². The molecule has 4 nitrogen and oxygen atoms in total. The van der Waals surface area contributed by atoms with Crippen LogP contribution >= 0.6 is 0 Å². The van der Waals surface area contributed by atoms with Gasteiger partial charge in [0.25, 0.3) is 5.91 Å². The molecule has 0 bridgehead atoms. The van der Waals surface area contributed by atoms with Gasteiger partial charge in [0.1, 0.15) is 0 Å². The molecule has 2 N–H and O–H groups in total. The van der Waals surface area contributed by atoms with E-state index in [0.717, 1.165) is 12.3 Å². The van der Waals surface area contributed by atoms with Crippen LogP contribution in [0.1, 0.15) is 49.4 Å². The third-order valence-corrected chi connectivity index (χ3v) is 4.34. The fraction of sp³-hybridized carbons (Fsp3) is 0.625. The largest absolute Gasteiger partial charge is 0.371 e. The monoisotopic (exact) mass is 293 g/mol. The van der Waals surface area contributed by atoms with E-state index in [9.17, 15) is 9.18 Å². The van der Waals surface area contributed by atoms with E-state index in [1.165, 1.54) is 37.9 Å². The van der Waals surface area contributed by atoms with Crippen molar-refractivity contribution in [2.45, 2.75) is 39.0 Å². The molecule has 116 valence electrons. The standard InChI is InChI=1S/C16H24FN3O/c1-11-3-5-12(6-4-11)7-9-20-16(21)13-8-10-19-15(18-2)14(13)17/h8,10-12H,3-7,9H2,1-2H3,(H,18,19)(H,20,21). The minimum absolute atomic E-state index is 0.0478. The van der Waals surface area contributed by atoms with Gasteiger partial charge in [-0.1, -0.05) is 32.6 Å².